The van der Waals surface area contributed by atoms with Gasteiger partial charge in [0.1, 0.15) is 12.0 Å². The molecule has 0 fully saturated rings. The van der Waals surface area contributed by atoms with Crippen LogP contribution in [-0.4, -0.2) is 12.9 Å². The molecule has 0 amide bonds. The van der Waals surface area contributed by atoms with E-state index in [1.807, 2.05) is 13.0 Å². The summed E-state index contributed by atoms with van der Waals surface area (Å²) in [7, 11) is 1.59. The molecule has 1 aromatic heterocycles. The van der Waals surface area contributed by atoms with Crippen LogP contribution in [0.15, 0.2) is 41.2 Å². The van der Waals surface area contributed by atoms with Gasteiger partial charge in [0.2, 0.25) is 0 Å². The predicted octanol–water partition coefficient (Wildman–Crippen LogP) is 2.83. The van der Waals surface area contributed by atoms with Gasteiger partial charge in [0.15, 0.2) is 5.78 Å². The number of rotatable bonds is 3. The topological polar surface area (TPSA) is 39.4 Å². The van der Waals surface area contributed by atoms with E-state index < -0.39 is 0 Å². The first-order valence-electron chi connectivity index (χ1n) is 4.94. The molecular formula is C13H12O3. The van der Waals surface area contributed by atoms with Crippen LogP contribution in [0.1, 0.15) is 21.5 Å². The van der Waals surface area contributed by atoms with Crippen molar-refractivity contribution in [3.05, 3.63) is 53.5 Å². The van der Waals surface area contributed by atoms with Crippen molar-refractivity contribution in [2.75, 3.05) is 7.11 Å². The van der Waals surface area contributed by atoms with Crippen LogP contribution < -0.4 is 4.74 Å². The molecule has 3 heteroatoms. The molecule has 0 aliphatic carbocycles. The summed E-state index contributed by atoms with van der Waals surface area (Å²) in [6.07, 6.45) is 2.92. The lowest BCUT2D eigenvalue weighted by Crippen LogP contribution is -2.00. The van der Waals surface area contributed by atoms with Gasteiger partial charge in [0.05, 0.1) is 18.9 Å². The fourth-order valence-corrected chi connectivity index (χ4v) is 1.52. The maximum absolute atomic E-state index is 12.0. The van der Waals surface area contributed by atoms with Crippen LogP contribution in [0.5, 0.6) is 5.75 Å². The van der Waals surface area contributed by atoms with Crippen molar-refractivity contribution >= 4 is 5.78 Å². The normalized spacial score (nSPS) is 10.1. The van der Waals surface area contributed by atoms with E-state index in [0.29, 0.717) is 16.9 Å². The lowest BCUT2D eigenvalue weighted by atomic mass is 10.0. The average Bonchev–Trinajstić information content (AvgIpc) is 2.82. The molecule has 0 spiro atoms. The van der Waals surface area contributed by atoms with Gasteiger partial charge >= 0.3 is 0 Å². The molecule has 1 aromatic carbocycles. The molecule has 0 aliphatic heterocycles. The molecule has 0 saturated heterocycles. The zero-order valence-corrected chi connectivity index (χ0v) is 9.19. The summed E-state index contributed by atoms with van der Waals surface area (Å²) in [6, 6.07) is 7.04. The first-order valence-corrected chi connectivity index (χ1v) is 4.94. The van der Waals surface area contributed by atoms with Crippen molar-refractivity contribution in [2.45, 2.75) is 6.92 Å². The Morgan fingerprint density at radius 2 is 2.06 bits per heavy atom. The van der Waals surface area contributed by atoms with Crippen molar-refractivity contribution in [1.82, 2.24) is 0 Å². The van der Waals surface area contributed by atoms with E-state index in [4.69, 9.17) is 9.15 Å². The number of methoxy groups -OCH3 is 1. The van der Waals surface area contributed by atoms with E-state index in [0.717, 1.165) is 5.56 Å². The lowest BCUT2D eigenvalue weighted by Gasteiger charge is -2.06. The molecule has 0 atom stereocenters. The monoisotopic (exact) mass is 216 g/mol. The molecule has 82 valence electrons. The standard InChI is InChI=1S/C13H12O3/c1-9-3-4-10(7-12(9)15-2)13(14)11-5-6-16-8-11/h3-8H,1-2H3. The Balaban J connectivity index is 2.38. The molecule has 0 N–H and O–H groups in total. The van der Waals surface area contributed by atoms with Gasteiger partial charge in [-0.05, 0) is 24.6 Å². The highest BCUT2D eigenvalue weighted by atomic mass is 16.5. The van der Waals surface area contributed by atoms with Crippen LogP contribution in [0.4, 0.5) is 0 Å². The van der Waals surface area contributed by atoms with E-state index in [9.17, 15) is 4.79 Å². The smallest absolute Gasteiger partial charge is 0.196 e. The average molecular weight is 216 g/mol. The van der Waals surface area contributed by atoms with E-state index in [-0.39, 0.29) is 5.78 Å². The second-order valence-electron chi connectivity index (χ2n) is 3.53. The van der Waals surface area contributed by atoms with Gasteiger partial charge in [0.25, 0.3) is 0 Å². The molecule has 0 aliphatic rings. The lowest BCUT2D eigenvalue weighted by molar-refractivity contribution is 0.103. The van der Waals surface area contributed by atoms with Crippen LogP contribution in [0.2, 0.25) is 0 Å². The summed E-state index contributed by atoms with van der Waals surface area (Å²) in [5.74, 6) is 0.654. The highest BCUT2D eigenvalue weighted by molar-refractivity contribution is 6.09. The van der Waals surface area contributed by atoms with Gasteiger partial charge in [0, 0.05) is 5.56 Å². The fraction of sp³-hybridized carbons (Fsp3) is 0.154. The third-order valence-electron chi connectivity index (χ3n) is 2.45. The van der Waals surface area contributed by atoms with Crippen molar-refractivity contribution in [1.29, 1.82) is 0 Å². The minimum Gasteiger partial charge on any atom is -0.496 e. The Morgan fingerprint density at radius 3 is 2.69 bits per heavy atom. The first-order chi connectivity index (χ1) is 7.72. The van der Waals surface area contributed by atoms with Crippen molar-refractivity contribution in [2.24, 2.45) is 0 Å². The van der Waals surface area contributed by atoms with Crippen LogP contribution in [0, 0.1) is 6.92 Å². The summed E-state index contributed by atoms with van der Waals surface area (Å²) < 4.78 is 10.1. The molecule has 3 nitrogen and oxygen atoms in total. The van der Waals surface area contributed by atoms with Gasteiger partial charge in [-0.1, -0.05) is 12.1 Å². The molecular weight excluding hydrogens is 204 g/mol. The second kappa shape index (κ2) is 4.23. The van der Waals surface area contributed by atoms with Gasteiger partial charge in [-0.25, -0.2) is 0 Å². The summed E-state index contributed by atoms with van der Waals surface area (Å²) >= 11 is 0. The molecule has 0 unspecified atom stereocenters. The van der Waals surface area contributed by atoms with Gasteiger partial charge in [-0.2, -0.15) is 0 Å². The SMILES string of the molecule is COc1cc(C(=O)c2ccoc2)ccc1C. The summed E-state index contributed by atoms with van der Waals surface area (Å²) in [6.45, 7) is 1.94. The number of carbonyl (C=O) groups excluding carboxylic acids is 1. The van der Waals surface area contributed by atoms with Crippen molar-refractivity contribution in [3.63, 3.8) is 0 Å². The molecule has 2 rings (SSSR count). The minimum atomic E-state index is -0.0629. The fourth-order valence-electron chi connectivity index (χ4n) is 1.52. The van der Waals surface area contributed by atoms with Crippen LogP contribution in [0.3, 0.4) is 0 Å². The van der Waals surface area contributed by atoms with Crippen LogP contribution in [0.25, 0.3) is 0 Å². The zero-order chi connectivity index (χ0) is 11.5. The summed E-state index contributed by atoms with van der Waals surface area (Å²) in [4.78, 5) is 12.0. The second-order valence-corrected chi connectivity index (χ2v) is 3.53. The van der Waals surface area contributed by atoms with Gasteiger partial charge in [-0.3, -0.25) is 4.79 Å². The maximum atomic E-state index is 12.0. The summed E-state index contributed by atoms with van der Waals surface area (Å²) in [5, 5.41) is 0. The number of benzene rings is 1. The molecule has 1 heterocycles. The highest BCUT2D eigenvalue weighted by Gasteiger charge is 2.11. The van der Waals surface area contributed by atoms with Crippen LogP contribution in [-0.2, 0) is 0 Å². The van der Waals surface area contributed by atoms with Crippen LogP contribution >= 0.6 is 0 Å². The van der Waals surface area contributed by atoms with Gasteiger partial charge < -0.3 is 9.15 Å². The zero-order valence-electron chi connectivity index (χ0n) is 9.19. The third-order valence-corrected chi connectivity index (χ3v) is 2.45. The minimum absolute atomic E-state index is 0.0629. The Kier molecular flexibility index (Phi) is 2.77. The number of furan rings is 1. The number of aryl methyl sites for hydroxylation is 1. The first kappa shape index (κ1) is 10.5. The summed E-state index contributed by atoms with van der Waals surface area (Å²) in [5.41, 5.74) is 2.15. The van der Waals surface area contributed by atoms with E-state index in [1.54, 1.807) is 25.3 Å². The number of ketones is 1. The maximum Gasteiger partial charge on any atom is 0.196 e. The van der Waals surface area contributed by atoms with Crippen molar-refractivity contribution in [3.8, 4) is 5.75 Å². The molecule has 0 bridgehead atoms. The number of hydrogen-bond acceptors (Lipinski definition) is 3. The Bertz CT molecular complexity index is 498. The third kappa shape index (κ3) is 1.84. The molecule has 2 aromatic rings. The molecule has 16 heavy (non-hydrogen) atoms. The Hall–Kier alpha value is -2.03. The highest BCUT2D eigenvalue weighted by Crippen LogP contribution is 2.21. The number of carbonyl (C=O) groups is 1. The van der Waals surface area contributed by atoms with E-state index >= 15 is 0 Å². The molecule has 0 saturated carbocycles. The Labute approximate surface area is 93.7 Å². The Morgan fingerprint density at radius 1 is 1.25 bits per heavy atom. The predicted molar refractivity (Wildman–Crippen MR) is 59.9 cm³/mol. The van der Waals surface area contributed by atoms with Crippen molar-refractivity contribution < 1.29 is 13.9 Å². The molecule has 0 radical (unpaired) electrons. The largest absolute Gasteiger partial charge is 0.496 e. The van der Waals surface area contributed by atoms with Gasteiger partial charge in [-0.15, -0.1) is 0 Å². The quantitative estimate of drug-likeness (QED) is 0.740. The van der Waals surface area contributed by atoms with E-state index in [2.05, 4.69) is 0 Å². The number of ether oxygens (including phenoxy) is 1. The number of hydrogen-bond donors (Lipinski definition) is 0. The van der Waals surface area contributed by atoms with E-state index in [1.165, 1.54) is 12.5 Å².